The highest BCUT2D eigenvalue weighted by atomic mass is 16.2. The van der Waals surface area contributed by atoms with E-state index in [-0.39, 0.29) is 5.91 Å². The second kappa shape index (κ2) is 12.5. The first-order chi connectivity index (χ1) is 14.4. The minimum Gasteiger partial charge on any atom is -0.357 e. The molecule has 0 aliphatic carbocycles. The number of hydrogen-bond acceptors (Lipinski definition) is 4. The van der Waals surface area contributed by atoms with Crippen LogP contribution >= 0.6 is 0 Å². The SMILES string of the molecule is CCNC(=NCC(C)CN1CCN(C)CC1)NCCc1cccc(C(=O)N(C)C)c1. The van der Waals surface area contributed by atoms with Gasteiger partial charge < -0.3 is 25.3 Å². The van der Waals surface area contributed by atoms with E-state index in [1.807, 2.05) is 18.2 Å². The highest BCUT2D eigenvalue weighted by molar-refractivity contribution is 5.94. The molecule has 1 aromatic rings. The Hall–Kier alpha value is -2.12. The number of benzene rings is 1. The summed E-state index contributed by atoms with van der Waals surface area (Å²) < 4.78 is 0. The number of carbonyl (C=O) groups excluding carboxylic acids is 1. The lowest BCUT2D eigenvalue weighted by Gasteiger charge is -2.33. The van der Waals surface area contributed by atoms with Gasteiger partial charge in [0.1, 0.15) is 0 Å². The summed E-state index contributed by atoms with van der Waals surface area (Å²) in [7, 11) is 5.75. The van der Waals surface area contributed by atoms with Crippen molar-refractivity contribution in [2.75, 3.05) is 73.5 Å². The fourth-order valence-electron chi connectivity index (χ4n) is 3.56. The van der Waals surface area contributed by atoms with Gasteiger partial charge in [-0.05, 0) is 44.0 Å². The second-order valence-corrected chi connectivity index (χ2v) is 8.51. The standard InChI is InChI=1S/C23H40N6O/c1-6-24-23(26-17-19(2)18-29-14-12-28(5)13-15-29)25-11-10-20-8-7-9-21(16-20)22(30)27(3)4/h7-9,16,19H,6,10-15,17-18H2,1-5H3,(H2,24,25,26). The number of piperazine rings is 1. The molecule has 2 N–H and O–H groups in total. The summed E-state index contributed by atoms with van der Waals surface area (Å²) in [6, 6.07) is 7.86. The maximum Gasteiger partial charge on any atom is 0.253 e. The Morgan fingerprint density at radius 1 is 1.20 bits per heavy atom. The minimum absolute atomic E-state index is 0.0362. The Morgan fingerprint density at radius 2 is 1.93 bits per heavy atom. The molecule has 2 rings (SSSR count). The first-order valence-electron chi connectivity index (χ1n) is 11.1. The predicted molar refractivity (Wildman–Crippen MR) is 125 cm³/mol. The van der Waals surface area contributed by atoms with Gasteiger partial charge in [-0.25, -0.2) is 0 Å². The van der Waals surface area contributed by atoms with E-state index in [4.69, 9.17) is 4.99 Å². The summed E-state index contributed by atoms with van der Waals surface area (Å²) in [5.74, 6) is 1.43. The number of carbonyl (C=O) groups is 1. The summed E-state index contributed by atoms with van der Waals surface area (Å²) >= 11 is 0. The number of aliphatic imine (C=N–C) groups is 1. The van der Waals surface area contributed by atoms with Gasteiger partial charge in [0.05, 0.1) is 0 Å². The number of nitrogens with one attached hydrogen (secondary N) is 2. The Labute approximate surface area is 182 Å². The van der Waals surface area contributed by atoms with Crippen molar-refractivity contribution in [3.05, 3.63) is 35.4 Å². The van der Waals surface area contributed by atoms with Crippen molar-refractivity contribution in [1.29, 1.82) is 0 Å². The van der Waals surface area contributed by atoms with Gasteiger partial charge in [-0.1, -0.05) is 19.1 Å². The normalized spacial score (nSPS) is 16.9. The summed E-state index contributed by atoms with van der Waals surface area (Å²) in [4.78, 5) is 23.5. The van der Waals surface area contributed by atoms with Gasteiger partial charge in [0, 0.05) is 72.0 Å². The number of guanidine groups is 1. The largest absolute Gasteiger partial charge is 0.357 e. The molecule has 168 valence electrons. The van der Waals surface area contributed by atoms with Crippen LogP contribution in [0.1, 0.15) is 29.8 Å². The lowest BCUT2D eigenvalue weighted by Crippen LogP contribution is -2.46. The zero-order valence-electron chi connectivity index (χ0n) is 19.4. The van der Waals surface area contributed by atoms with E-state index in [0.29, 0.717) is 5.92 Å². The van der Waals surface area contributed by atoms with Crippen molar-refractivity contribution in [2.24, 2.45) is 10.9 Å². The quantitative estimate of drug-likeness (QED) is 0.470. The van der Waals surface area contributed by atoms with Crippen molar-refractivity contribution in [1.82, 2.24) is 25.3 Å². The second-order valence-electron chi connectivity index (χ2n) is 8.51. The molecule has 30 heavy (non-hydrogen) atoms. The molecule has 1 saturated heterocycles. The highest BCUT2D eigenvalue weighted by Gasteiger charge is 2.16. The van der Waals surface area contributed by atoms with Crippen LogP contribution in [0.2, 0.25) is 0 Å². The number of hydrogen-bond donors (Lipinski definition) is 2. The molecule has 1 aliphatic heterocycles. The van der Waals surface area contributed by atoms with Crippen LogP contribution in [0.3, 0.4) is 0 Å². The van der Waals surface area contributed by atoms with E-state index < -0.39 is 0 Å². The first kappa shape index (κ1) is 24.2. The predicted octanol–water partition coefficient (Wildman–Crippen LogP) is 1.37. The third-order valence-corrected chi connectivity index (χ3v) is 5.36. The smallest absolute Gasteiger partial charge is 0.253 e. The molecule has 0 radical (unpaired) electrons. The van der Waals surface area contributed by atoms with Gasteiger partial charge >= 0.3 is 0 Å². The molecule has 1 heterocycles. The molecule has 0 spiro atoms. The molecule has 0 saturated carbocycles. The van der Waals surface area contributed by atoms with Crippen LogP contribution in [-0.2, 0) is 6.42 Å². The van der Waals surface area contributed by atoms with Crippen LogP contribution in [0.25, 0.3) is 0 Å². The van der Waals surface area contributed by atoms with Crippen molar-refractivity contribution in [2.45, 2.75) is 20.3 Å². The topological polar surface area (TPSA) is 63.2 Å². The monoisotopic (exact) mass is 416 g/mol. The molecule has 1 aromatic carbocycles. The number of likely N-dealkylation sites (N-methyl/N-ethyl adjacent to an activating group) is 1. The molecule has 1 atom stereocenters. The zero-order chi connectivity index (χ0) is 21.9. The van der Waals surface area contributed by atoms with E-state index in [0.717, 1.165) is 75.9 Å². The maximum absolute atomic E-state index is 12.1. The molecule has 1 unspecified atom stereocenters. The number of amides is 1. The Kier molecular flexibility index (Phi) is 10.1. The molecular weight excluding hydrogens is 376 g/mol. The van der Waals surface area contributed by atoms with Crippen molar-refractivity contribution < 1.29 is 4.79 Å². The third-order valence-electron chi connectivity index (χ3n) is 5.36. The molecule has 0 aromatic heterocycles. The van der Waals surface area contributed by atoms with Gasteiger partial charge in [-0.2, -0.15) is 0 Å². The van der Waals surface area contributed by atoms with Crippen molar-refractivity contribution in [3.8, 4) is 0 Å². The molecule has 0 bridgehead atoms. The number of nitrogens with zero attached hydrogens (tertiary/aromatic N) is 4. The average Bonchev–Trinajstić information content (AvgIpc) is 2.73. The van der Waals surface area contributed by atoms with Crippen LogP contribution in [0.5, 0.6) is 0 Å². The summed E-state index contributed by atoms with van der Waals surface area (Å²) in [5.41, 5.74) is 1.88. The van der Waals surface area contributed by atoms with Gasteiger partial charge in [0.15, 0.2) is 5.96 Å². The Morgan fingerprint density at radius 3 is 2.60 bits per heavy atom. The van der Waals surface area contributed by atoms with E-state index in [1.54, 1.807) is 19.0 Å². The van der Waals surface area contributed by atoms with Crippen LogP contribution in [0, 0.1) is 5.92 Å². The lowest BCUT2D eigenvalue weighted by molar-refractivity contribution is 0.0827. The van der Waals surface area contributed by atoms with Gasteiger partial charge in [-0.3, -0.25) is 9.79 Å². The fraction of sp³-hybridized carbons (Fsp3) is 0.652. The Bertz CT molecular complexity index is 682. The van der Waals surface area contributed by atoms with Crippen molar-refractivity contribution >= 4 is 11.9 Å². The first-order valence-corrected chi connectivity index (χ1v) is 11.1. The van der Waals surface area contributed by atoms with Crippen LogP contribution < -0.4 is 10.6 Å². The highest BCUT2D eigenvalue weighted by Crippen LogP contribution is 2.08. The molecule has 7 nitrogen and oxygen atoms in total. The molecule has 1 amide bonds. The summed E-state index contributed by atoms with van der Waals surface area (Å²) in [6.45, 7) is 12.5. The third kappa shape index (κ3) is 8.32. The van der Waals surface area contributed by atoms with Crippen LogP contribution in [0.4, 0.5) is 0 Å². The van der Waals surface area contributed by atoms with Gasteiger partial charge in [-0.15, -0.1) is 0 Å². The van der Waals surface area contributed by atoms with Gasteiger partial charge in [0.2, 0.25) is 0 Å². The fourth-order valence-corrected chi connectivity index (χ4v) is 3.56. The van der Waals surface area contributed by atoms with E-state index in [9.17, 15) is 4.79 Å². The van der Waals surface area contributed by atoms with Crippen molar-refractivity contribution in [3.63, 3.8) is 0 Å². The average molecular weight is 417 g/mol. The van der Waals surface area contributed by atoms with E-state index in [2.05, 4.69) is 47.4 Å². The van der Waals surface area contributed by atoms with E-state index >= 15 is 0 Å². The Balaban J connectivity index is 1.80. The molecular formula is C23H40N6O. The van der Waals surface area contributed by atoms with Crippen LogP contribution in [0.15, 0.2) is 29.3 Å². The lowest BCUT2D eigenvalue weighted by atomic mass is 10.1. The van der Waals surface area contributed by atoms with Gasteiger partial charge in [0.25, 0.3) is 5.91 Å². The number of rotatable bonds is 9. The van der Waals surface area contributed by atoms with Crippen LogP contribution in [-0.4, -0.2) is 100 Å². The zero-order valence-corrected chi connectivity index (χ0v) is 19.4. The summed E-state index contributed by atoms with van der Waals surface area (Å²) in [6.07, 6.45) is 0.843. The maximum atomic E-state index is 12.1. The molecule has 1 fully saturated rings. The summed E-state index contributed by atoms with van der Waals surface area (Å²) in [5, 5.41) is 6.76. The molecule has 7 heteroatoms. The minimum atomic E-state index is 0.0362. The van der Waals surface area contributed by atoms with E-state index in [1.165, 1.54) is 0 Å². The molecule has 1 aliphatic rings.